The van der Waals surface area contributed by atoms with Gasteiger partial charge in [-0.1, -0.05) is 49.8 Å². The van der Waals surface area contributed by atoms with Gasteiger partial charge in [-0.2, -0.15) is 0 Å². The Morgan fingerprint density at radius 2 is 1.97 bits per heavy atom. The molecular weight excluding hydrogens is 366 g/mol. The quantitative estimate of drug-likeness (QED) is 0.716. The second-order valence-electron chi connectivity index (χ2n) is 8.28. The number of hydrogen-bond acceptors (Lipinski definition) is 3. The second kappa shape index (κ2) is 8.01. The normalized spacial score (nSPS) is 24.3. The fourth-order valence-corrected chi connectivity index (χ4v) is 4.56. The van der Waals surface area contributed by atoms with Gasteiger partial charge in [0.15, 0.2) is 0 Å². The highest BCUT2D eigenvalue weighted by atomic mass is 16.2. The van der Waals surface area contributed by atoms with Gasteiger partial charge in [0.2, 0.25) is 5.91 Å². The summed E-state index contributed by atoms with van der Waals surface area (Å²) in [7, 11) is 0. The second-order valence-corrected chi connectivity index (χ2v) is 8.28. The Morgan fingerprint density at radius 1 is 1.21 bits per heavy atom. The summed E-state index contributed by atoms with van der Waals surface area (Å²) in [5.41, 5.74) is 0.755. The molecule has 0 aromatic heterocycles. The van der Waals surface area contributed by atoms with E-state index in [0.29, 0.717) is 6.42 Å². The van der Waals surface area contributed by atoms with Gasteiger partial charge in [0.1, 0.15) is 12.1 Å². The molecule has 1 aromatic carbocycles. The third-order valence-corrected chi connectivity index (χ3v) is 6.12. The van der Waals surface area contributed by atoms with Gasteiger partial charge in [0.05, 0.1) is 0 Å². The number of hydrogen-bond donors (Lipinski definition) is 1. The fraction of sp³-hybridized carbons (Fsp3) is 0.522. The van der Waals surface area contributed by atoms with E-state index in [1.54, 1.807) is 0 Å². The van der Waals surface area contributed by atoms with Crippen LogP contribution in [0.25, 0.3) is 0 Å². The van der Waals surface area contributed by atoms with E-state index < -0.39 is 11.6 Å². The molecule has 1 heterocycles. The highest BCUT2D eigenvalue weighted by Crippen LogP contribution is 2.36. The highest BCUT2D eigenvalue weighted by molar-refractivity contribution is 6.09. The highest BCUT2D eigenvalue weighted by Gasteiger charge is 2.52. The van der Waals surface area contributed by atoms with Crippen molar-refractivity contribution < 1.29 is 14.4 Å². The summed E-state index contributed by atoms with van der Waals surface area (Å²) < 4.78 is 0. The van der Waals surface area contributed by atoms with E-state index in [1.165, 1.54) is 0 Å². The molecular formula is C23H29N3O3. The van der Waals surface area contributed by atoms with E-state index in [2.05, 4.69) is 11.4 Å². The van der Waals surface area contributed by atoms with Crippen LogP contribution in [-0.2, 0) is 15.1 Å². The number of nitrogens with one attached hydrogen (secondary N) is 1. The third kappa shape index (κ3) is 3.68. The van der Waals surface area contributed by atoms with Gasteiger partial charge in [-0.05, 0) is 50.5 Å². The summed E-state index contributed by atoms with van der Waals surface area (Å²) in [5, 5.41) is 2.91. The third-order valence-electron chi connectivity index (χ3n) is 6.12. The summed E-state index contributed by atoms with van der Waals surface area (Å²) in [5.74, 6) is -0.471. The Kier molecular flexibility index (Phi) is 5.43. The van der Waals surface area contributed by atoms with Crippen LogP contribution in [-0.4, -0.2) is 40.2 Å². The maximum absolute atomic E-state index is 13.4. The first kappa shape index (κ1) is 19.7. The van der Waals surface area contributed by atoms with Crippen molar-refractivity contribution in [2.45, 2.75) is 69.9 Å². The van der Waals surface area contributed by atoms with Crippen LogP contribution in [0.3, 0.4) is 0 Å². The van der Waals surface area contributed by atoms with Crippen molar-refractivity contribution in [3.8, 4) is 0 Å². The zero-order valence-corrected chi connectivity index (χ0v) is 17.0. The molecule has 1 aliphatic heterocycles. The lowest BCUT2D eigenvalue weighted by Crippen LogP contribution is -2.46. The summed E-state index contributed by atoms with van der Waals surface area (Å²) >= 11 is 0. The zero-order valence-electron chi connectivity index (χ0n) is 17.0. The molecule has 0 unspecified atom stereocenters. The molecule has 154 valence electrons. The number of allylic oxidation sites excluding steroid dienone is 2. The maximum Gasteiger partial charge on any atom is 0.325 e. The average molecular weight is 396 g/mol. The minimum absolute atomic E-state index is 0.149. The van der Waals surface area contributed by atoms with Crippen LogP contribution >= 0.6 is 0 Å². The topological polar surface area (TPSA) is 69.7 Å². The molecule has 2 aliphatic carbocycles. The summed E-state index contributed by atoms with van der Waals surface area (Å²) in [6.45, 7) is 1.79. The monoisotopic (exact) mass is 395 g/mol. The Labute approximate surface area is 171 Å². The van der Waals surface area contributed by atoms with Crippen LogP contribution in [0.2, 0.25) is 0 Å². The lowest BCUT2D eigenvalue weighted by atomic mass is 9.85. The molecule has 6 heteroatoms. The van der Waals surface area contributed by atoms with E-state index in [4.69, 9.17) is 0 Å². The molecule has 4 amide bonds. The SMILES string of the molecule is CCC[C@@]1(c2ccccc2)NC(=O)N(CC(=O)N(C2=CCCCC2)C2CC2)C1=O. The van der Waals surface area contributed by atoms with Crippen molar-refractivity contribution in [1.82, 2.24) is 15.1 Å². The van der Waals surface area contributed by atoms with Crippen molar-refractivity contribution in [1.29, 1.82) is 0 Å². The van der Waals surface area contributed by atoms with E-state index in [0.717, 1.165) is 61.1 Å². The van der Waals surface area contributed by atoms with Crippen LogP contribution in [0, 0.1) is 0 Å². The molecule has 3 aliphatic rings. The van der Waals surface area contributed by atoms with Gasteiger partial charge in [-0.3, -0.25) is 14.5 Å². The summed E-state index contributed by atoms with van der Waals surface area (Å²) in [6, 6.07) is 9.09. The van der Waals surface area contributed by atoms with Crippen molar-refractivity contribution in [3.05, 3.63) is 47.7 Å². The predicted octanol–water partition coefficient (Wildman–Crippen LogP) is 3.68. The molecule has 2 fully saturated rings. The molecule has 1 saturated heterocycles. The molecule has 1 N–H and O–H groups in total. The van der Waals surface area contributed by atoms with Crippen molar-refractivity contribution >= 4 is 17.8 Å². The first-order chi connectivity index (χ1) is 14.1. The van der Waals surface area contributed by atoms with Gasteiger partial charge in [0, 0.05) is 11.7 Å². The molecule has 1 aromatic rings. The van der Waals surface area contributed by atoms with Crippen LogP contribution in [0.4, 0.5) is 4.79 Å². The number of benzene rings is 1. The zero-order chi connectivity index (χ0) is 20.4. The largest absolute Gasteiger partial charge is 0.325 e. The maximum atomic E-state index is 13.4. The van der Waals surface area contributed by atoms with Crippen molar-refractivity contribution in [2.24, 2.45) is 0 Å². The van der Waals surface area contributed by atoms with E-state index in [9.17, 15) is 14.4 Å². The number of imide groups is 1. The standard InChI is InChI=1S/C23H29N3O3/c1-2-15-23(17-9-5-3-6-10-17)21(28)25(22(29)24-23)16-20(27)26(19-13-14-19)18-11-7-4-8-12-18/h3,5-6,9-11,19H,2,4,7-8,12-16H2,1H3,(H,24,29)/t23-/m0/s1. The van der Waals surface area contributed by atoms with Gasteiger partial charge in [0.25, 0.3) is 5.91 Å². The lowest BCUT2D eigenvalue weighted by Gasteiger charge is -2.30. The van der Waals surface area contributed by atoms with E-state index in [1.807, 2.05) is 42.2 Å². The Morgan fingerprint density at radius 3 is 2.59 bits per heavy atom. The van der Waals surface area contributed by atoms with Crippen LogP contribution in [0.1, 0.15) is 63.9 Å². The number of rotatable bonds is 7. The van der Waals surface area contributed by atoms with Gasteiger partial charge in [-0.15, -0.1) is 0 Å². The molecule has 4 rings (SSSR count). The van der Waals surface area contributed by atoms with Gasteiger partial charge < -0.3 is 10.2 Å². The molecule has 0 radical (unpaired) electrons. The first-order valence-electron chi connectivity index (χ1n) is 10.8. The van der Waals surface area contributed by atoms with Gasteiger partial charge >= 0.3 is 6.03 Å². The lowest BCUT2D eigenvalue weighted by molar-refractivity contribution is -0.138. The van der Waals surface area contributed by atoms with Crippen molar-refractivity contribution in [3.63, 3.8) is 0 Å². The van der Waals surface area contributed by atoms with Crippen LogP contribution in [0.15, 0.2) is 42.1 Å². The Bertz CT molecular complexity index is 831. The fourth-order valence-electron chi connectivity index (χ4n) is 4.56. The smallest absolute Gasteiger partial charge is 0.319 e. The molecule has 0 spiro atoms. The van der Waals surface area contributed by atoms with E-state index >= 15 is 0 Å². The number of carbonyl (C=O) groups is 3. The number of carbonyl (C=O) groups excluding carboxylic acids is 3. The predicted molar refractivity (Wildman–Crippen MR) is 110 cm³/mol. The minimum Gasteiger partial charge on any atom is -0.319 e. The molecule has 1 saturated carbocycles. The average Bonchev–Trinajstić information content (AvgIpc) is 3.54. The first-order valence-corrected chi connectivity index (χ1v) is 10.8. The van der Waals surface area contributed by atoms with E-state index in [-0.39, 0.29) is 24.4 Å². The molecule has 6 nitrogen and oxygen atoms in total. The molecule has 29 heavy (non-hydrogen) atoms. The Hall–Kier alpha value is -2.63. The number of urea groups is 1. The summed E-state index contributed by atoms with van der Waals surface area (Å²) in [4.78, 5) is 42.3. The van der Waals surface area contributed by atoms with Crippen molar-refractivity contribution in [2.75, 3.05) is 6.54 Å². The number of amides is 4. The van der Waals surface area contributed by atoms with Gasteiger partial charge in [-0.25, -0.2) is 4.79 Å². The number of nitrogens with zero attached hydrogens (tertiary/aromatic N) is 2. The summed E-state index contributed by atoms with van der Waals surface area (Å²) in [6.07, 6.45) is 9.50. The van der Waals surface area contributed by atoms with Crippen LogP contribution < -0.4 is 5.32 Å². The molecule has 0 bridgehead atoms. The minimum atomic E-state index is -1.08. The van der Waals surface area contributed by atoms with Crippen LogP contribution in [0.5, 0.6) is 0 Å². The Balaban J connectivity index is 1.57. The molecule has 1 atom stereocenters.